The second-order valence-corrected chi connectivity index (χ2v) is 3.20. The van der Waals surface area contributed by atoms with Crippen molar-refractivity contribution in [3.63, 3.8) is 0 Å². The Hall–Kier alpha value is -1.91. The normalized spacial score (nSPS) is 14.0. The van der Waals surface area contributed by atoms with Crippen LogP contribution in [-0.4, -0.2) is 17.5 Å². The van der Waals surface area contributed by atoms with Gasteiger partial charge in [0.05, 0.1) is 0 Å². The maximum atomic E-state index is 12.9. The van der Waals surface area contributed by atoms with E-state index in [1.165, 1.54) is 25.1 Å². The highest BCUT2D eigenvalue weighted by Crippen LogP contribution is 2.21. The van der Waals surface area contributed by atoms with Gasteiger partial charge < -0.3 is 10.4 Å². The summed E-state index contributed by atoms with van der Waals surface area (Å²) in [5.41, 5.74) is -1.42. The minimum absolute atomic E-state index is 0.183. The van der Waals surface area contributed by atoms with Gasteiger partial charge in [0.15, 0.2) is 5.54 Å². The molecule has 0 saturated carbocycles. The SMILES string of the molecule is CC(NC=O)(C(=O)O)c1cccc(F)c1. The Morgan fingerprint density at radius 2 is 2.27 bits per heavy atom. The fourth-order valence-corrected chi connectivity index (χ4v) is 1.19. The van der Waals surface area contributed by atoms with Gasteiger partial charge in [-0.25, -0.2) is 9.18 Å². The number of rotatable bonds is 4. The van der Waals surface area contributed by atoms with Gasteiger partial charge in [-0.1, -0.05) is 12.1 Å². The van der Waals surface area contributed by atoms with Gasteiger partial charge in [0.2, 0.25) is 6.41 Å². The fraction of sp³-hybridized carbons (Fsp3) is 0.200. The Kier molecular flexibility index (Phi) is 3.04. The van der Waals surface area contributed by atoms with Gasteiger partial charge >= 0.3 is 5.97 Å². The lowest BCUT2D eigenvalue weighted by Gasteiger charge is -2.24. The first kappa shape index (κ1) is 11.2. The summed E-state index contributed by atoms with van der Waals surface area (Å²) in [5.74, 6) is -1.80. The van der Waals surface area contributed by atoms with Crippen LogP contribution in [0.3, 0.4) is 0 Å². The summed E-state index contributed by atoms with van der Waals surface area (Å²) in [4.78, 5) is 21.3. The second-order valence-electron chi connectivity index (χ2n) is 3.20. The molecular formula is C10H10FNO3. The van der Waals surface area contributed by atoms with Crippen LogP contribution in [0.1, 0.15) is 12.5 Å². The average Bonchev–Trinajstić information content (AvgIpc) is 2.17. The van der Waals surface area contributed by atoms with Crippen molar-refractivity contribution in [2.45, 2.75) is 12.5 Å². The van der Waals surface area contributed by atoms with Crippen LogP contribution in [0.2, 0.25) is 0 Å². The van der Waals surface area contributed by atoms with Gasteiger partial charge in [0.1, 0.15) is 5.82 Å². The minimum atomic E-state index is -1.61. The topological polar surface area (TPSA) is 66.4 Å². The second kappa shape index (κ2) is 4.08. The Morgan fingerprint density at radius 1 is 1.60 bits per heavy atom. The summed E-state index contributed by atoms with van der Waals surface area (Å²) >= 11 is 0. The van der Waals surface area contributed by atoms with Crippen LogP contribution in [0.5, 0.6) is 0 Å². The maximum Gasteiger partial charge on any atom is 0.333 e. The van der Waals surface area contributed by atoms with Crippen molar-refractivity contribution in [1.29, 1.82) is 0 Å². The van der Waals surface area contributed by atoms with E-state index in [1.54, 1.807) is 0 Å². The van der Waals surface area contributed by atoms with Crippen molar-refractivity contribution < 1.29 is 19.1 Å². The van der Waals surface area contributed by atoms with Gasteiger partial charge in [-0.15, -0.1) is 0 Å². The summed E-state index contributed by atoms with van der Waals surface area (Å²) in [6.45, 7) is 1.29. The molecule has 0 aliphatic heterocycles. The lowest BCUT2D eigenvalue weighted by atomic mass is 9.92. The number of nitrogens with one attached hydrogen (secondary N) is 1. The number of halogens is 1. The highest BCUT2D eigenvalue weighted by molar-refractivity contribution is 5.82. The molecule has 0 aromatic heterocycles. The molecule has 0 bridgehead atoms. The van der Waals surface area contributed by atoms with Crippen LogP contribution >= 0.6 is 0 Å². The fourth-order valence-electron chi connectivity index (χ4n) is 1.19. The zero-order valence-electron chi connectivity index (χ0n) is 8.03. The number of carboxylic acid groups (broad SMARTS) is 1. The molecule has 0 radical (unpaired) electrons. The van der Waals surface area contributed by atoms with Crippen LogP contribution < -0.4 is 5.32 Å². The molecule has 0 aliphatic carbocycles. The van der Waals surface area contributed by atoms with E-state index in [9.17, 15) is 14.0 Å². The van der Waals surface area contributed by atoms with Gasteiger partial charge in [-0.3, -0.25) is 4.79 Å². The molecule has 1 atom stereocenters. The molecule has 1 aromatic rings. The third kappa shape index (κ3) is 2.12. The molecule has 1 rings (SSSR count). The van der Waals surface area contributed by atoms with E-state index in [2.05, 4.69) is 5.32 Å². The van der Waals surface area contributed by atoms with Crippen LogP contribution in [-0.2, 0) is 15.1 Å². The number of carboxylic acids is 1. The third-order valence-corrected chi connectivity index (χ3v) is 2.18. The molecule has 15 heavy (non-hydrogen) atoms. The highest BCUT2D eigenvalue weighted by Gasteiger charge is 2.34. The standard InChI is InChI=1S/C10H10FNO3/c1-10(9(14)15,12-6-13)7-3-2-4-8(11)5-7/h2-6H,1H3,(H,12,13)(H,14,15). The zero-order chi connectivity index (χ0) is 11.5. The maximum absolute atomic E-state index is 12.9. The van der Waals surface area contributed by atoms with E-state index < -0.39 is 17.3 Å². The average molecular weight is 211 g/mol. The van der Waals surface area contributed by atoms with E-state index in [-0.39, 0.29) is 12.0 Å². The lowest BCUT2D eigenvalue weighted by Crippen LogP contribution is -2.46. The van der Waals surface area contributed by atoms with Crippen LogP contribution in [0, 0.1) is 5.82 Å². The summed E-state index contributed by atoms with van der Waals surface area (Å²) in [6.07, 6.45) is 0.277. The number of benzene rings is 1. The van der Waals surface area contributed by atoms with E-state index in [4.69, 9.17) is 5.11 Å². The molecule has 2 N–H and O–H groups in total. The molecule has 0 fully saturated rings. The van der Waals surface area contributed by atoms with Crippen molar-refractivity contribution >= 4 is 12.4 Å². The van der Waals surface area contributed by atoms with E-state index in [0.717, 1.165) is 6.07 Å². The largest absolute Gasteiger partial charge is 0.479 e. The highest BCUT2D eigenvalue weighted by atomic mass is 19.1. The first-order chi connectivity index (χ1) is 7.00. The molecule has 1 amide bonds. The predicted molar refractivity (Wildman–Crippen MR) is 50.6 cm³/mol. The van der Waals surface area contributed by atoms with Crippen LogP contribution in [0.25, 0.3) is 0 Å². The van der Waals surface area contributed by atoms with Crippen LogP contribution in [0.15, 0.2) is 24.3 Å². The predicted octanol–water partition coefficient (Wildman–Crippen LogP) is 0.871. The molecule has 0 aliphatic rings. The summed E-state index contributed by atoms with van der Waals surface area (Å²) in [5, 5.41) is 11.1. The number of hydrogen-bond donors (Lipinski definition) is 2. The quantitative estimate of drug-likeness (QED) is 0.726. The summed E-state index contributed by atoms with van der Waals surface area (Å²) in [7, 11) is 0. The Balaban J connectivity index is 3.20. The number of aliphatic carboxylic acids is 1. The molecule has 80 valence electrons. The molecule has 1 aromatic carbocycles. The molecule has 1 unspecified atom stereocenters. The van der Waals surface area contributed by atoms with Crippen molar-refractivity contribution in [1.82, 2.24) is 5.32 Å². The number of hydrogen-bond acceptors (Lipinski definition) is 2. The molecule has 0 spiro atoms. The monoisotopic (exact) mass is 211 g/mol. The Labute approximate surface area is 85.7 Å². The molecule has 0 saturated heterocycles. The minimum Gasteiger partial charge on any atom is -0.479 e. The molecular weight excluding hydrogens is 201 g/mol. The van der Waals surface area contributed by atoms with Gasteiger partial charge in [-0.2, -0.15) is 0 Å². The van der Waals surface area contributed by atoms with Crippen molar-refractivity contribution in [3.05, 3.63) is 35.6 Å². The Bertz CT molecular complexity index is 394. The van der Waals surface area contributed by atoms with Crippen molar-refractivity contribution in [2.24, 2.45) is 0 Å². The summed E-state index contributed by atoms with van der Waals surface area (Å²) in [6, 6.07) is 5.10. The van der Waals surface area contributed by atoms with Gasteiger partial charge in [0.25, 0.3) is 0 Å². The van der Waals surface area contributed by atoms with Crippen molar-refractivity contribution in [3.8, 4) is 0 Å². The van der Waals surface area contributed by atoms with Crippen molar-refractivity contribution in [2.75, 3.05) is 0 Å². The number of amides is 1. The lowest BCUT2D eigenvalue weighted by molar-refractivity contribution is -0.145. The first-order valence-corrected chi connectivity index (χ1v) is 4.21. The van der Waals surface area contributed by atoms with Crippen LogP contribution in [0.4, 0.5) is 4.39 Å². The van der Waals surface area contributed by atoms with E-state index >= 15 is 0 Å². The van der Waals surface area contributed by atoms with Gasteiger partial charge in [0, 0.05) is 0 Å². The van der Waals surface area contributed by atoms with E-state index in [0.29, 0.717) is 0 Å². The summed E-state index contributed by atoms with van der Waals surface area (Å²) < 4.78 is 12.9. The first-order valence-electron chi connectivity index (χ1n) is 4.21. The number of carbonyl (C=O) groups is 2. The number of carbonyl (C=O) groups excluding carboxylic acids is 1. The third-order valence-electron chi connectivity index (χ3n) is 2.18. The molecule has 5 heteroatoms. The zero-order valence-corrected chi connectivity index (χ0v) is 8.03. The van der Waals surface area contributed by atoms with Gasteiger partial charge in [-0.05, 0) is 24.6 Å². The smallest absolute Gasteiger partial charge is 0.333 e. The van der Waals surface area contributed by atoms with E-state index in [1.807, 2.05) is 0 Å². The molecule has 4 nitrogen and oxygen atoms in total. The molecule has 0 heterocycles. The Morgan fingerprint density at radius 3 is 2.73 bits per heavy atom.